The van der Waals surface area contributed by atoms with Crippen LogP contribution in [0.2, 0.25) is 5.02 Å². The van der Waals surface area contributed by atoms with Crippen LogP contribution in [0.1, 0.15) is 51.3 Å². The molecule has 3 rings (SSSR count). The number of nitrogens with zero attached hydrogens (tertiary/aromatic N) is 2. The Hall–Kier alpha value is -0.990. The fourth-order valence-electron chi connectivity index (χ4n) is 3.53. The van der Waals surface area contributed by atoms with Gasteiger partial charge in [-0.3, -0.25) is 4.90 Å². The van der Waals surface area contributed by atoms with Crippen molar-refractivity contribution >= 4 is 22.5 Å². The van der Waals surface area contributed by atoms with Crippen LogP contribution in [-0.2, 0) is 6.54 Å². The second kappa shape index (κ2) is 6.41. The molecular formula is C18H25ClN2. The second-order valence-electron chi connectivity index (χ2n) is 6.47. The van der Waals surface area contributed by atoms with Crippen LogP contribution >= 0.6 is 11.6 Å². The van der Waals surface area contributed by atoms with Gasteiger partial charge in [0.15, 0.2) is 0 Å². The third-order valence-corrected chi connectivity index (χ3v) is 4.80. The minimum atomic E-state index is 0.435. The number of benzene rings is 1. The van der Waals surface area contributed by atoms with Crippen molar-refractivity contribution in [3.63, 3.8) is 0 Å². The normalized spacial score (nSPS) is 17.5. The highest BCUT2D eigenvalue weighted by Crippen LogP contribution is 2.30. The summed E-state index contributed by atoms with van der Waals surface area (Å²) >= 11 is 6.45. The number of halogens is 1. The topological polar surface area (TPSA) is 8.17 Å². The monoisotopic (exact) mass is 304 g/mol. The van der Waals surface area contributed by atoms with Gasteiger partial charge in [0.25, 0.3) is 0 Å². The summed E-state index contributed by atoms with van der Waals surface area (Å²) in [5.41, 5.74) is 2.59. The zero-order valence-corrected chi connectivity index (χ0v) is 13.9. The molecule has 0 amide bonds. The van der Waals surface area contributed by atoms with Gasteiger partial charge in [-0.2, -0.15) is 0 Å². The molecule has 0 unspecified atom stereocenters. The smallest absolute Gasteiger partial charge is 0.0674 e. The van der Waals surface area contributed by atoms with Crippen molar-refractivity contribution in [1.29, 1.82) is 0 Å². The zero-order chi connectivity index (χ0) is 14.8. The Morgan fingerprint density at radius 2 is 1.81 bits per heavy atom. The molecule has 3 heteroatoms. The van der Waals surface area contributed by atoms with Crippen LogP contribution < -0.4 is 0 Å². The van der Waals surface area contributed by atoms with Gasteiger partial charge in [0.1, 0.15) is 0 Å². The Bertz CT molecular complexity index is 607. The maximum Gasteiger partial charge on any atom is 0.0674 e. The Balaban J connectivity index is 1.97. The van der Waals surface area contributed by atoms with E-state index in [1.54, 1.807) is 0 Å². The van der Waals surface area contributed by atoms with Crippen molar-refractivity contribution in [3.8, 4) is 0 Å². The first-order valence-electron chi connectivity index (χ1n) is 8.17. The van der Waals surface area contributed by atoms with Gasteiger partial charge in [0, 0.05) is 23.7 Å². The third kappa shape index (κ3) is 3.12. The second-order valence-corrected chi connectivity index (χ2v) is 6.87. The summed E-state index contributed by atoms with van der Waals surface area (Å²) in [5, 5.41) is 2.13. The highest BCUT2D eigenvalue weighted by atomic mass is 35.5. The maximum atomic E-state index is 6.45. The standard InChI is InChI=1S/C18H25ClN2/c1-14(2)21-16(13-20-10-5-3-4-6-11-20)12-15-8-7-9-17(19)18(15)21/h7-9,12,14H,3-6,10-11,13H2,1-2H3. The molecule has 0 saturated carbocycles. The minimum absolute atomic E-state index is 0.435. The van der Waals surface area contributed by atoms with E-state index in [1.807, 2.05) is 12.1 Å². The molecule has 0 atom stereocenters. The van der Waals surface area contributed by atoms with Crippen molar-refractivity contribution in [2.75, 3.05) is 13.1 Å². The van der Waals surface area contributed by atoms with Gasteiger partial charge in [0.2, 0.25) is 0 Å². The van der Waals surface area contributed by atoms with E-state index >= 15 is 0 Å². The van der Waals surface area contributed by atoms with E-state index < -0.39 is 0 Å². The number of fused-ring (bicyclic) bond motifs is 1. The first-order chi connectivity index (χ1) is 10.2. The molecule has 1 saturated heterocycles. The fraction of sp³-hybridized carbons (Fsp3) is 0.556. The molecule has 1 aliphatic rings. The quantitative estimate of drug-likeness (QED) is 0.751. The van der Waals surface area contributed by atoms with Crippen LogP contribution in [0.5, 0.6) is 0 Å². The number of hydrogen-bond acceptors (Lipinski definition) is 1. The lowest BCUT2D eigenvalue weighted by molar-refractivity contribution is 0.268. The lowest BCUT2D eigenvalue weighted by Gasteiger charge is -2.22. The largest absolute Gasteiger partial charge is 0.340 e. The van der Waals surface area contributed by atoms with E-state index in [1.165, 1.54) is 55.4 Å². The number of para-hydroxylation sites is 1. The Morgan fingerprint density at radius 1 is 1.10 bits per heavy atom. The van der Waals surface area contributed by atoms with E-state index in [4.69, 9.17) is 11.6 Å². The molecule has 0 spiro atoms. The molecule has 1 aliphatic heterocycles. The molecule has 1 fully saturated rings. The first kappa shape index (κ1) is 14.9. The molecule has 2 nitrogen and oxygen atoms in total. The van der Waals surface area contributed by atoms with Gasteiger partial charge in [-0.1, -0.05) is 36.6 Å². The number of aromatic nitrogens is 1. The molecule has 0 N–H and O–H groups in total. The Morgan fingerprint density at radius 3 is 2.48 bits per heavy atom. The lowest BCUT2D eigenvalue weighted by atomic mass is 10.2. The van der Waals surface area contributed by atoms with Crippen LogP contribution in [0.15, 0.2) is 24.3 Å². The van der Waals surface area contributed by atoms with Crippen molar-refractivity contribution in [3.05, 3.63) is 35.0 Å². The molecular weight excluding hydrogens is 280 g/mol. The van der Waals surface area contributed by atoms with Crippen molar-refractivity contribution < 1.29 is 0 Å². The summed E-state index contributed by atoms with van der Waals surface area (Å²) in [6.45, 7) is 7.99. The Labute approximate surface area is 132 Å². The average Bonchev–Trinajstić information content (AvgIpc) is 2.63. The van der Waals surface area contributed by atoms with Crippen molar-refractivity contribution in [2.45, 2.75) is 52.1 Å². The van der Waals surface area contributed by atoms with Crippen LogP contribution in [0.25, 0.3) is 10.9 Å². The molecule has 2 heterocycles. The Kier molecular flexibility index (Phi) is 4.56. The SMILES string of the molecule is CC(C)n1c(CN2CCCCCC2)cc2cccc(Cl)c21. The van der Waals surface area contributed by atoms with E-state index in [0.717, 1.165) is 11.6 Å². The number of rotatable bonds is 3. The van der Waals surface area contributed by atoms with Crippen LogP contribution in [0.4, 0.5) is 0 Å². The molecule has 114 valence electrons. The molecule has 0 radical (unpaired) electrons. The van der Waals surface area contributed by atoms with Crippen molar-refractivity contribution in [1.82, 2.24) is 9.47 Å². The summed E-state index contributed by atoms with van der Waals surface area (Å²) < 4.78 is 2.42. The number of likely N-dealkylation sites (tertiary alicyclic amines) is 1. The molecule has 0 bridgehead atoms. The first-order valence-corrected chi connectivity index (χ1v) is 8.55. The molecule has 1 aromatic heterocycles. The van der Waals surface area contributed by atoms with Crippen LogP contribution in [0.3, 0.4) is 0 Å². The van der Waals surface area contributed by atoms with E-state index in [-0.39, 0.29) is 0 Å². The van der Waals surface area contributed by atoms with Gasteiger partial charge in [-0.25, -0.2) is 0 Å². The predicted octanol–water partition coefficient (Wildman–Crippen LogP) is 5.25. The predicted molar refractivity (Wildman–Crippen MR) is 91.1 cm³/mol. The highest BCUT2D eigenvalue weighted by molar-refractivity contribution is 6.35. The van der Waals surface area contributed by atoms with Gasteiger partial charge < -0.3 is 4.57 Å². The van der Waals surface area contributed by atoms with Gasteiger partial charge in [0.05, 0.1) is 10.5 Å². The van der Waals surface area contributed by atoms with Crippen LogP contribution in [-0.4, -0.2) is 22.6 Å². The average molecular weight is 305 g/mol. The number of hydrogen-bond donors (Lipinski definition) is 0. The summed E-state index contributed by atoms with van der Waals surface area (Å²) in [7, 11) is 0. The minimum Gasteiger partial charge on any atom is -0.340 e. The van der Waals surface area contributed by atoms with Gasteiger partial charge in [-0.15, -0.1) is 0 Å². The summed E-state index contributed by atoms with van der Waals surface area (Å²) in [5.74, 6) is 0. The van der Waals surface area contributed by atoms with Gasteiger partial charge >= 0.3 is 0 Å². The van der Waals surface area contributed by atoms with Crippen molar-refractivity contribution in [2.24, 2.45) is 0 Å². The van der Waals surface area contributed by atoms with E-state index in [9.17, 15) is 0 Å². The highest BCUT2D eigenvalue weighted by Gasteiger charge is 2.17. The summed E-state index contributed by atoms with van der Waals surface area (Å²) in [4.78, 5) is 2.61. The van der Waals surface area contributed by atoms with E-state index in [0.29, 0.717) is 6.04 Å². The van der Waals surface area contributed by atoms with E-state index in [2.05, 4.69) is 35.4 Å². The molecule has 2 aromatic rings. The molecule has 1 aromatic carbocycles. The molecule has 0 aliphatic carbocycles. The fourth-order valence-corrected chi connectivity index (χ4v) is 3.80. The van der Waals surface area contributed by atoms with Gasteiger partial charge in [-0.05, 0) is 51.9 Å². The zero-order valence-electron chi connectivity index (χ0n) is 13.1. The summed E-state index contributed by atoms with van der Waals surface area (Å²) in [6.07, 6.45) is 5.44. The maximum absolute atomic E-state index is 6.45. The summed E-state index contributed by atoms with van der Waals surface area (Å²) in [6, 6.07) is 8.98. The van der Waals surface area contributed by atoms with Crippen LogP contribution in [0, 0.1) is 0 Å². The lowest BCUT2D eigenvalue weighted by Crippen LogP contribution is -2.25. The third-order valence-electron chi connectivity index (χ3n) is 4.49. The molecule has 21 heavy (non-hydrogen) atoms.